The highest BCUT2D eigenvalue weighted by atomic mass is 79.9. The van der Waals surface area contributed by atoms with Crippen LogP contribution < -0.4 is 5.32 Å². The summed E-state index contributed by atoms with van der Waals surface area (Å²) in [5.74, 6) is -0.284. The highest BCUT2D eigenvalue weighted by Gasteiger charge is 2.23. The van der Waals surface area contributed by atoms with Crippen molar-refractivity contribution in [3.63, 3.8) is 0 Å². The monoisotopic (exact) mass is 230 g/mol. The van der Waals surface area contributed by atoms with Crippen LogP contribution >= 0.6 is 15.9 Å². The van der Waals surface area contributed by atoms with E-state index in [9.17, 15) is 9.18 Å². The molecule has 1 amide bonds. The topological polar surface area (TPSA) is 42.0 Å². The van der Waals surface area contributed by atoms with Crippen LogP contribution in [0.15, 0.2) is 10.7 Å². The van der Waals surface area contributed by atoms with Gasteiger partial charge in [-0.2, -0.15) is 0 Å². The fourth-order valence-corrected chi connectivity index (χ4v) is 1.45. The van der Waals surface area contributed by atoms with E-state index in [4.69, 9.17) is 0 Å². The van der Waals surface area contributed by atoms with E-state index in [1.165, 1.54) is 6.20 Å². The van der Waals surface area contributed by atoms with Gasteiger partial charge in [0.1, 0.15) is 11.6 Å². The first-order valence-electron chi connectivity index (χ1n) is 3.31. The van der Waals surface area contributed by atoms with Crippen LogP contribution in [-0.2, 0) is 11.2 Å². The molecule has 2 rings (SSSR count). The van der Waals surface area contributed by atoms with Gasteiger partial charge in [-0.05, 0) is 15.9 Å². The summed E-state index contributed by atoms with van der Waals surface area (Å²) in [5.41, 5.74) is 0.342. The Hall–Kier alpha value is -0.970. The fourth-order valence-electron chi connectivity index (χ4n) is 1.11. The number of rotatable bonds is 0. The molecule has 1 aliphatic heterocycles. The van der Waals surface area contributed by atoms with Gasteiger partial charge >= 0.3 is 0 Å². The van der Waals surface area contributed by atoms with E-state index in [0.29, 0.717) is 11.4 Å². The third-order valence-corrected chi connectivity index (χ3v) is 2.22. The summed E-state index contributed by atoms with van der Waals surface area (Å²) in [7, 11) is 0. The maximum atomic E-state index is 13.2. The van der Waals surface area contributed by atoms with Crippen molar-refractivity contribution in [2.75, 3.05) is 5.32 Å². The SMILES string of the molecule is O=C1Cc2c(ncc(Br)c2F)N1. The van der Waals surface area contributed by atoms with Crippen molar-refractivity contribution in [3.8, 4) is 0 Å². The van der Waals surface area contributed by atoms with Crippen molar-refractivity contribution >= 4 is 27.7 Å². The van der Waals surface area contributed by atoms with Crippen LogP contribution in [0.4, 0.5) is 10.2 Å². The Morgan fingerprint density at radius 1 is 1.67 bits per heavy atom. The Morgan fingerprint density at radius 2 is 2.42 bits per heavy atom. The van der Waals surface area contributed by atoms with Gasteiger partial charge in [-0.1, -0.05) is 0 Å². The molecule has 2 heterocycles. The molecule has 1 aliphatic rings. The number of anilines is 1. The number of nitrogens with one attached hydrogen (secondary N) is 1. The number of amides is 1. The Balaban J connectivity index is 2.61. The minimum Gasteiger partial charge on any atom is -0.310 e. The second-order valence-corrected chi connectivity index (χ2v) is 3.33. The van der Waals surface area contributed by atoms with Crippen molar-refractivity contribution < 1.29 is 9.18 Å². The van der Waals surface area contributed by atoms with E-state index < -0.39 is 5.82 Å². The molecule has 0 aliphatic carbocycles. The molecule has 1 aromatic rings. The van der Waals surface area contributed by atoms with E-state index in [1.807, 2.05) is 0 Å². The average Bonchev–Trinajstić information content (AvgIpc) is 2.39. The first-order valence-corrected chi connectivity index (χ1v) is 4.10. The second kappa shape index (κ2) is 2.52. The zero-order chi connectivity index (χ0) is 8.72. The summed E-state index contributed by atoms with van der Waals surface area (Å²) in [5, 5.41) is 2.45. The number of aromatic nitrogens is 1. The van der Waals surface area contributed by atoms with E-state index in [0.717, 1.165) is 0 Å². The standard InChI is InChI=1S/C7H4BrFN2O/c8-4-2-10-7-3(6(4)9)1-5(12)11-7/h2H,1H2,(H,10,11,12). The number of hydrogen-bond acceptors (Lipinski definition) is 2. The summed E-state index contributed by atoms with van der Waals surface area (Å²) in [6.45, 7) is 0. The van der Waals surface area contributed by atoms with Crippen molar-refractivity contribution in [2.45, 2.75) is 6.42 Å². The third kappa shape index (κ3) is 1.01. The Bertz CT molecular complexity index is 367. The molecule has 1 N–H and O–H groups in total. The maximum Gasteiger partial charge on any atom is 0.230 e. The summed E-state index contributed by atoms with van der Waals surface area (Å²) in [4.78, 5) is 14.7. The summed E-state index contributed by atoms with van der Waals surface area (Å²) < 4.78 is 13.5. The average molecular weight is 231 g/mol. The molecule has 0 unspecified atom stereocenters. The normalized spacial score (nSPS) is 14.3. The molecule has 0 aromatic carbocycles. The lowest BCUT2D eigenvalue weighted by atomic mass is 10.2. The van der Waals surface area contributed by atoms with Gasteiger partial charge in [0.15, 0.2) is 0 Å². The Kier molecular flexibility index (Phi) is 1.61. The Morgan fingerprint density at radius 3 is 3.17 bits per heavy atom. The zero-order valence-electron chi connectivity index (χ0n) is 5.90. The van der Waals surface area contributed by atoms with E-state index in [-0.39, 0.29) is 16.8 Å². The Labute approximate surface area is 76.1 Å². The highest BCUT2D eigenvalue weighted by Crippen LogP contribution is 2.27. The molecular weight excluding hydrogens is 227 g/mol. The molecule has 0 bridgehead atoms. The predicted molar refractivity (Wildman–Crippen MR) is 44.2 cm³/mol. The van der Waals surface area contributed by atoms with Crippen LogP contribution in [0.1, 0.15) is 5.56 Å². The van der Waals surface area contributed by atoms with Crippen LogP contribution in [-0.4, -0.2) is 10.9 Å². The molecular formula is C7H4BrFN2O. The van der Waals surface area contributed by atoms with E-state index in [1.54, 1.807) is 0 Å². The smallest absolute Gasteiger partial charge is 0.230 e. The van der Waals surface area contributed by atoms with Gasteiger partial charge in [0.05, 0.1) is 10.9 Å². The minimum atomic E-state index is -0.404. The van der Waals surface area contributed by atoms with Crippen molar-refractivity contribution in [3.05, 3.63) is 22.1 Å². The van der Waals surface area contributed by atoms with Crippen LogP contribution in [0.5, 0.6) is 0 Å². The molecule has 1 aromatic heterocycles. The van der Waals surface area contributed by atoms with Gasteiger partial charge < -0.3 is 5.32 Å². The molecule has 62 valence electrons. The summed E-state index contributed by atoms with van der Waals surface area (Å²) in [6.07, 6.45) is 1.41. The first-order chi connectivity index (χ1) is 5.68. The van der Waals surface area contributed by atoms with Crippen LogP contribution in [0, 0.1) is 5.82 Å². The zero-order valence-corrected chi connectivity index (χ0v) is 7.48. The van der Waals surface area contributed by atoms with Gasteiger partial charge in [-0.3, -0.25) is 4.79 Å². The van der Waals surface area contributed by atoms with Gasteiger partial charge in [-0.25, -0.2) is 9.37 Å². The van der Waals surface area contributed by atoms with Gasteiger partial charge in [0.2, 0.25) is 5.91 Å². The van der Waals surface area contributed by atoms with Crippen molar-refractivity contribution in [1.82, 2.24) is 4.98 Å². The number of carbonyl (C=O) groups is 1. The molecule has 5 heteroatoms. The first kappa shape index (κ1) is 7.67. The van der Waals surface area contributed by atoms with Gasteiger partial charge in [0, 0.05) is 11.8 Å². The van der Waals surface area contributed by atoms with Crippen LogP contribution in [0.2, 0.25) is 0 Å². The third-order valence-electron chi connectivity index (χ3n) is 1.66. The lowest BCUT2D eigenvalue weighted by molar-refractivity contribution is -0.115. The lowest BCUT2D eigenvalue weighted by Crippen LogP contribution is -2.04. The molecule has 0 atom stereocenters. The molecule has 0 fully saturated rings. The summed E-state index contributed by atoms with van der Waals surface area (Å²) >= 11 is 2.99. The minimum absolute atomic E-state index is 0.0770. The molecule has 0 saturated heterocycles. The number of pyridine rings is 1. The molecule has 12 heavy (non-hydrogen) atoms. The van der Waals surface area contributed by atoms with Crippen molar-refractivity contribution in [1.29, 1.82) is 0 Å². The van der Waals surface area contributed by atoms with Gasteiger partial charge in [0.25, 0.3) is 0 Å². The number of halogens is 2. The summed E-state index contributed by atoms with van der Waals surface area (Å²) in [6, 6.07) is 0. The van der Waals surface area contributed by atoms with Gasteiger partial charge in [-0.15, -0.1) is 0 Å². The number of fused-ring (bicyclic) bond motifs is 1. The van der Waals surface area contributed by atoms with E-state index in [2.05, 4.69) is 26.2 Å². The van der Waals surface area contributed by atoms with Crippen LogP contribution in [0.25, 0.3) is 0 Å². The van der Waals surface area contributed by atoms with E-state index >= 15 is 0 Å². The second-order valence-electron chi connectivity index (χ2n) is 2.47. The number of nitrogens with zero attached hydrogens (tertiary/aromatic N) is 1. The molecule has 0 radical (unpaired) electrons. The lowest BCUT2D eigenvalue weighted by Gasteiger charge is -1.98. The molecule has 0 spiro atoms. The largest absolute Gasteiger partial charge is 0.310 e. The predicted octanol–water partition coefficient (Wildman–Crippen LogP) is 1.48. The van der Waals surface area contributed by atoms with Crippen LogP contribution in [0.3, 0.4) is 0 Å². The highest BCUT2D eigenvalue weighted by molar-refractivity contribution is 9.10. The number of carbonyl (C=O) groups excluding carboxylic acids is 1. The fraction of sp³-hybridized carbons (Fsp3) is 0.143. The maximum absolute atomic E-state index is 13.2. The molecule has 3 nitrogen and oxygen atoms in total. The number of hydrogen-bond donors (Lipinski definition) is 1. The van der Waals surface area contributed by atoms with Crippen molar-refractivity contribution in [2.24, 2.45) is 0 Å². The molecule has 0 saturated carbocycles. The quantitative estimate of drug-likeness (QED) is 0.734.